The lowest BCUT2D eigenvalue weighted by molar-refractivity contribution is -0.0562. The molecule has 2 saturated heterocycles. The van der Waals surface area contributed by atoms with Crippen LogP contribution in [0.2, 0.25) is 0 Å². The van der Waals surface area contributed by atoms with Crippen molar-refractivity contribution >= 4 is 29.8 Å². The maximum absolute atomic E-state index is 10.7. The van der Waals surface area contributed by atoms with Crippen LogP contribution in [0.15, 0.2) is 29.2 Å². The third kappa shape index (κ3) is 3.18. The predicted octanol–water partition coefficient (Wildman–Crippen LogP) is 3.65. The lowest BCUT2D eigenvalue weighted by Gasteiger charge is -2.37. The van der Waals surface area contributed by atoms with Gasteiger partial charge in [-0.2, -0.15) is 11.8 Å². The van der Waals surface area contributed by atoms with Crippen LogP contribution in [0, 0.1) is 0 Å². The van der Waals surface area contributed by atoms with Crippen molar-refractivity contribution in [3.63, 3.8) is 0 Å². The van der Waals surface area contributed by atoms with Gasteiger partial charge >= 0.3 is 0 Å². The van der Waals surface area contributed by atoms with Crippen molar-refractivity contribution in [1.29, 1.82) is 0 Å². The number of thioether (sulfide) groups is 2. The molecule has 0 saturated carbocycles. The average molecular weight is 294 g/mol. The van der Waals surface area contributed by atoms with Gasteiger partial charge in [-0.15, -0.1) is 11.8 Å². The third-order valence-corrected chi connectivity index (χ3v) is 6.34. The van der Waals surface area contributed by atoms with Gasteiger partial charge < -0.3 is 4.74 Å². The van der Waals surface area contributed by atoms with Crippen molar-refractivity contribution in [2.75, 3.05) is 18.1 Å². The topological polar surface area (TPSA) is 26.3 Å². The van der Waals surface area contributed by atoms with Gasteiger partial charge in [0.15, 0.2) is 0 Å². The smallest absolute Gasteiger partial charge is 0.150 e. The maximum Gasteiger partial charge on any atom is 0.150 e. The Labute approximate surface area is 122 Å². The van der Waals surface area contributed by atoms with Crippen molar-refractivity contribution in [3.8, 4) is 0 Å². The molecule has 0 N–H and O–H groups in total. The Morgan fingerprint density at radius 3 is 2.89 bits per heavy atom. The Kier molecular flexibility index (Phi) is 4.20. The van der Waals surface area contributed by atoms with Crippen LogP contribution in [0.3, 0.4) is 0 Å². The molecule has 2 nitrogen and oxygen atoms in total. The van der Waals surface area contributed by atoms with Gasteiger partial charge in [0.05, 0.1) is 5.60 Å². The molecule has 0 aliphatic carbocycles. The molecule has 0 bridgehead atoms. The van der Waals surface area contributed by atoms with E-state index in [9.17, 15) is 4.79 Å². The van der Waals surface area contributed by atoms with Gasteiger partial charge in [-0.05, 0) is 37.1 Å². The predicted molar refractivity (Wildman–Crippen MR) is 81.3 cm³/mol. The van der Waals surface area contributed by atoms with Crippen LogP contribution in [0.5, 0.6) is 0 Å². The summed E-state index contributed by atoms with van der Waals surface area (Å²) < 4.78 is 6.05. The summed E-state index contributed by atoms with van der Waals surface area (Å²) >= 11 is 3.96. The summed E-state index contributed by atoms with van der Waals surface area (Å²) in [7, 11) is 0. The average Bonchev–Trinajstić information content (AvgIpc) is 2.88. The van der Waals surface area contributed by atoms with Gasteiger partial charge in [-0.1, -0.05) is 12.1 Å². The quantitative estimate of drug-likeness (QED) is 0.795. The van der Waals surface area contributed by atoms with E-state index < -0.39 is 0 Å². The van der Waals surface area contributed by atoms with Crippen molar-refractivity contribution in [2.24, 2.45) is 0 Å². The number of carbonyl (C=O) groups is 1. The van der Waals surface area contributed by atoms with Gasteiger partial charge in [-0.3, -0.25) is 4.79 Å². The highest BCUT2D eigenvalue weighted by molar-refractivity contribution is 8.00. The number of rotatable bonds is 3. The standard InChI is InChI=1S/C15H18O2S2/c16-10-12-1-3-13(4-2-12)19-14-5-7-17-15(9-14)6-8-18-11-15/h1-4,10,14H,5-9,11H2. The monoisotopic (exact) mass is 294 g/mol. The van der Waals surface area contributed by atoms with E-state index in [4.69, 9.17) is 4.74 Å². The van der Waals surface area contributed by atoms with Crippen molar-refractivity contribution in [1.82, 2.24) is 0 Å². The zero-order valence-electron chi connectivity index (χ0n) is 10.8. The highest BCUT2D eigenvalue weighted by atomic mass is 32.2. The molecular formula is C15H18O2S2. The van der Waals surface area contributed by atoms with Gasteiger partial charge in [0.25, 0.3) is 0 Å². The first-order valence-corrected chi connectivity index (χ1v) is 8.77. The molecular weight excluding hydrogens is 276 g/mol. The summed E-state index contributed by atoms with van der Waals surface area (Å²) in [5.74, 6) is 2.40. The van der Waals surface area contributed by atoms with Crippen LogP contribution in [0.4, 0.5) is 0 Å². The van der Waals surface area contributed by atoms with Crippen LogP contribution < -0.4 is 0 Å². The van der Waals surface area contributed by atoms with E-state index in [1.54, 1.807) is 0 Å². The number of benzene rings is 1. The first-order valence-electron chi connectivity index (χ1n) is 6.73. The summed E-state index contributed by atoms with van der Waals surface area (Å²) in [4.78, 5) is 11.9. The molecule has 1 aromatic rings. The van der Waals surface area contributed by atoms with E-state index in [2.05, 4.69) is 12.1 Å². The van der Waals surface area contributed by atoms with Gasteiger partial charge in [0.2, 0.25) is 0 Å². The zero-order chi connectivity index (χ0) is 13.1. The molecule has 102 valence electrons. The highest BCUT2D eigenvalue weighted by Crippen LogP contribution is 2.43. The molecule has 4 heteroatoms. The van der Waals surface area contributed by atoms with Crippen LogP contribution in [0.25, 0.3) is 0 Å². The van der Waals surface area contributed by atoms with Gasteiger partial charge in [0, 0.05) is 28.1 Å². The Morgan fingerprint density at radius 2 is 2.21 bits per heavy atom. The Balaban J connectivity index is 1.63. The molecule has 0 aromatic heterocycles. The minimum Gasteiger partial charge on any atom is -0.374 e. The minimum absolute atomic E-state index is 0.156. The maximum atomic E-state index is 10.7. The van der Waals surface area contributed by atoms with Crippen molar-refractivity contribution in [2.45, 2.75) is 35.0 Å². The molecule has 2 heterocycles. The van der Waals surface area contributed by atoms with Crippen LogP contribution in [-0.4, -0.2) is 35.2 Å². The van der Waals surface area contributed by atoms with E-state index in [0.29, 0.717) is 5.25 Å². The Hall–Kier alpha value is -0.450. The number of hydrogen-bond donors (Lipinski definition) is 0. The zero-order valence-corrected chi connectivity index (χ0v) is 12.5. The first-order chi connectivity index (χ1) is 9.30. The van der Waals surface area contributed by atoms with E-state index in [-0.39, 0.29) is 5.60 Å². The molecule has 2 fully saturated rings. The van der Waals surface area contributed by atoms with Crippen LogP contribution in [0.1, 0.15) is 29.6 Å². The highest BCUT2D eigenvalue weighted by Gasteiger charge is 2.40. The number of ether oxygens (including phenoxy) is 1. The summed E-state index contributed by atoms with van der Waals surface area (Å²) in [6, 6.07) is 7.91. The molecule has 2 atom stereocenters. The lowest BCUT2D eigenvalue weighted by Crippen LogP contribution is -2.40. The molecule has 19 heavy (non-hydrogen) atoms. The van der Waals surface area contributed by atoms with Crippen molar-refractivity contribution in [3.05, 3.63) is 29.8 Å². The Bertz CT molecular complexity index is 438. The lowest BCUT2D eigenvalue weighted by atomic mass is 9.93. The second-order valence-corrected chi connectivity index (χ2v) is 7.73. The second-order valence-electron chi connectivity index (χ2n) is 5.25. The fraction of sp³-hybridized carbons (Fsp3) is 0.533. The summed E-state index contributed by atoms with van der Waals surface area (Å²) in [5, 5.41) is 0.648. The fourth-order valence-electron chi connectivity index (χ4n) is 2.76. The molecule has 1 spiro atoms. The SMILES string of the molecule is O=Cc1ccc(SC2CCOC3(CCSC3)C2)cc1. The molecule has 2 aliphatic heterocycles. The molecule has 0 amide bonds. The molecule has 0 radical (unpaired) electrons. The van der Waals surface area contributed by atoms with Crippen LogP contribution in [-0.2, 0) is 4.74 Å². The van der Waals surface area contributed by atoms with Crippen LogP contribution >= 0.6 is 23.5 Å². The largest absolute Gasteiger partial charge is 0.374 e. The normalized spacial score (nSPS) is 30.6. The van der Waals surface area contributed by atoms with E-state index in [0.717, 1.165) is 30.6 Å². The summed E-state index contributed by atoms with van der Waals surface area (Å²) in [5.41, 5.74) is 0.906. The van der Waals surface area contributed by atoms with Gasteiger partial charge in [-0.25, -0.2) is 0 Å². The number of aldehydes is 1. The molecule has 3 rings (SSSR count). The van der Waals surface area contributed by atoms with E-state index in [1.807, 2.05) is 35.7 Å². The van der Waals surface area contributed by atoms with Crippen molar-refractivity contribution < 1.29 is 9.53 Å². The molecule has 2 aliphatic rings. The summed E-state index contributed by atoms with van der Waals surface area (Å²) in [6.45, 7) is 0.894. The summed E-state index contributed by atoms with van der Waals surface area (Å²) in [6.07, 6.45) is 4.40. The number of carbonyl (C=O) groups excluding carboxylic acids is 1. The first kappa shape index (κ1) is 13.5. The molecule has 1 aromatic carbocycles. The second kappa shape index (κ2) is 5.90. The van der Waals surface area contributed by atoms with E-state index >= 15 is 0 Å². The fourth-order valence-corrected chi connectivity index (χ4v) is 5.42. The Morgan fingerprint density at radius 1 is 1.37 bits per heavy atom. The van der Waals surface area contributed by atoms with Gasteiger partial charge in [0.1, 0.15) is 6.29 Å². The minimum atomic E-state index is 0.156. The van der Waals surface area contributed by atoms with E-state index in [1.165, 1.54) is 23.5 Å². The molecule has 2 unspecified atom stereocenters. The third-order valence-electron chi connectivity index (χ3n) is 3.83. The number of hydrogen-bond acceptors (Lipinski definition) is 4.